The predicted molar refractivity (Wildman–Crippen MR) is 130 cm³/mol. The SMILES string of the molecule is CB(O)NCCCc1[nH]c(-c2nn(C3CCCCO3)cc2CC(=O)c2c(F)cccc2F)nc1C(=O)O. The summed E-state index contributed by atoms with van der Waals surface area (Å²) in [6, 6.07) is 3.21. The van der Waals surface area contributed by atoms with Gasteiger partial charge in [-0.3, -0.25) is 4.79 Å². The molecular formula is C24H28BF2N5O5. The van der Waals surface area contributed by atoms with E-state index in [1.54, 1.807) is 17.7 Å². The Morgan fingerprint density at radius 3 is 2.70 bits per heavy atom. The number of carboxylic acid groups (broad SMARTS) is 1. The Labute approximate surface area is 212 Å². The molecule has 196 valence electrons. The number of aryl methyl sites for hydroxylation is 1. The summed E-state index contributed by atoms with van der Waals surface area (Å²) in [5.41, 5.74) is 0.0563. The van der Waals surface area contributed by atoms with Crippen LogP contribution in [0.15, 0.2) is 24.4 Å². The van der Waals surface area contributed by atoms with Crippen molar-refractivity contribution in [3.8, 4) is 11.5 Å². The van der Waals surface area contributed by atoms with Crippen LogP contribution >= 0.6 is 0 Å². The summed E-state index contributed by atoms with van der Waals surface area (Å²) in [5.74, 6) is -3.82. The number of aromatic nitrogens is 4. The first kappa shape index (κ1) is 26.6. The zero-order valence-corrected chi connectivity index (χ0v) is 20.3. The third-order valence-corrected chi connectivity index (χ3v) is 6.10. The summed E-state index contributed by atoms with van der Waals surface area (Å²) in [6.07, 6.45) is 4.19. The van der Waals surface area contributed by atoms with Gasteiger partial charge in [0.25, 0.3) is 0 Å². The highest BCUT2D eigenvalue weighted by Crippen LogP contribution is 2.29. The van der Waals surface area contributed by atoms with E-state index in [9.17, 15) is 28.5 Å². The number of nitrogens with one attached hydrogen (secondary N) is 2. The van der Waals surface area contributed by atoms with Gasteiger partial charge in [0, 0.05) is 24.8 Å². The number of imidazole rings is 1. The topological polar surface area (TPSA) is 142 Å². The number of H-pyrrole nitrogens is 1. The molecule has 1 fully saturated rings. The van der Waals surface area contributed by atoms with E-state index in [-0.39, 0.29) is 29.9 Å². The normalized spacial score (nSPS) is 15.6. The Morgan fingerprint density at radius 1 is 1.30 bits per heavy atom. The number of benzene rings is 1. The van der Waals surface area contributed by atoms with Crippen LogP contribution in [0.25, 0.3) is 11.5 Å². The molecule has 1 aliphatic rings. The second kappa shape index (κ2) is 11.8. The first-order valence-electron chi connectivity index (χ1n) is 12.2. The van der Waals surface area contributed by atoms with E-state index in [0.717, 1.165) is 25.0 Å². The predicted octanol–water partition coefficient (Wildman–Crippen LogP) is 3.01. The fraction of sp³-hybridized carbons (Fsp3) is 0.417. The van der Waals surface area contributed by atoms with Gasteiger partial charge in [0.2, 0.25) is 0 Å². The molecule has 1 unspecified atom stereocenters. The maximum atomic E-state index is 14.3. The van der Waals surface area contributed by atoms with Crippen molar-refractivity contribution in [3.63, 3.8) is 0 Å². The lowest BCUT2D eigenvalue weighted by Gasteiger charge is -2.22. The molecule has 13 heteroatoms. The molecule has 2 aromatic heterocycles. The third-order valence-electron chi connectivity index (χ3n) is 6.10. The molecule has 1 atom stereocenters. The van der Waals surface area contributed by atoms with Crippen LogP contribution in [0.2, 0.25) is 6.82 Å². The van der Waals surface area contributed by atoms with Crippen LogP contribution in [0.1, 0.15) is 64.0 Å². The highest BCUT2D eigenvalue weighted by atomic mass is 19.1. The average molecular weight is 515 g/mol. The summed E-state index contributed by atoms with van der Waals surface area (Å²) < 4.78 is 35.9. The number of ether oxygens (including phenoxy) is 1. The highest BCUT2D eigenvalue weighted by molar-refractivity contribution is 6.45. The van der Waals surface area contributed by atoms with Gasteiger partial charge in [-0.2, -0.15) is 5.10 Å². The molecule has 0 bridgehead atoms. The highest BCUT2D eigenvalue weighted by Gasteiger charge is 2.27. The molecule has 0 radical (unpaired) electrons. The smallest absolute Gasteiger partial charge is 0.373 e. The number of aromatic amines is 1. The molecule has 4 N–H and O–H groups in total. The third kappa shape index (κ3) is 6.30. The monoisotopic (exact) mass is 515 g/mol. The largest absolute Gasteiger partial charge is 0.476 e. The molecule has 0 aliphatic carbocycles. The number of hydrogen-bond donors (Lipinski definition) is 4. The van der Waals surface area contributed by atoms with Gasteiger partial charge < -0.3 is 25.1 Å². The molecule has 0 spiro atoms. The molecule has 3 heterocycles. The lowest BCUT2D eigenvalue weighted by molar-refractivity contribution is -0.0394. The fourth-order valence-electron chi connectivity index (χ4n) is 4.32. The Hall–Kier alpha value is -3.42. The van der Waals surface area contributed by atoms with E-state index >= 15 is 0 Å². The molecule has 1 aliphatic heterocycles. The van der Waals surface area contributed by atoms with Crippen LogP contribution in [-0.4, -0.2) is 61.8 Å². The van der Waals surface area contributed by atoms with Gasteiger partial charge in [-0.1, -0.05) is 6.07 Å². The van der Waals surface area contributed by atoms with Crippen LogP contribution in [0.5, 0.6) is 0 Å². The van der Waals surface area contributed by atoms with Crippen molar-refractivity contribution >= 4 is 18.8 Å². The van der Waals surface area contributed by atoms with Crippen LogP contribution in [-0.2, 0) is 17.6 Å². The maximum absolute atomic E-state index is 14.3. The summed E-state index contributed by atoms with van der Waals surface area (Å²) >= 11 is 0. The summed E-state index contributed by atoms with van der Waals surface area (Å²) in [5, 5.41) is 26.4. The molecule has 4 rings (SSSR count). The molecule has 0 saturated carbocycles. The number of nitrogens with zero attached hydrogens (tertiary/aromatic N) is 3. The average Bonchev–Trinajstić information content (AvgIpc) is 3.46. The molecule has 1 saturated heterocycles. The van der Waals surface area contributed by atoms with Crippen LogP contribution < -0.4 is 5.23 Å². The molecule has 37 heavy (non-hydrogen) atoms. The van der Waals surface area contributed by atoms with Crippen molar-refractivity contribution < 1.29 is 33.2 Å². The second-order valence-corrected chi connectivity index (χ2v) is 8.95. The molecule has 3 aromatic rings. The summed E-state index contributed by atoms with van der Waals surface area (Å²) in [4.78, 5) is 32.0. The molecular weight excluding hydrogens is 487 g/mol. The van der Waals surface area contributed by atoms with E-state index in [1.807, 2.05) is 0 Å². The van der Waals surface area contributed by atoms with Crippen LogP contribution in [0, 0.1) is 11.6 Å². The van der Waals surface area contributed by atoms with E-state index in [4.69, 9.17) is 4.74 Å². The van der Waals surface area contributed by atoms with E-state index in [2.05, 4.69) is 20.3 Å². The second-order valence-electron chi connectivity index (χ2n) is 8.95. The quantitative estimate of drug-likeness (QED) is 0.174. The Morgan fingerprint density at radius 2 is 2.05 bits per heavy atom. The number of ketones is 1. The first-order valence-corrected chi connectivity index (χ1v) is 12.2. The number of halogens is 2. The van der Waals surface area contributed by atoms with Gasteiger partial charge in [-0.15, -0.1) is 0 Å². The van der Waals surface area contributed by atoms with Gasteiger partial charge in [-0.25, -0.2) is 23.2 Å². The van der Waals surface area contributed by atoms with Gasteiger partial charge in [0.1, 0.15) is 23.6 Å². The van der Waals surface area contributed by atoms with E-state index < -0.39 is 36.0 Å². The van der Waals surface area contributed by atoms with Gasteiger partial charge >= 0.3 is 13.0 Å². The minimum absolute atomic E-state index is 0.127. The number of carbonyl (C=O) groups is 2. The standard InChI is InChI=1S/C24H28BF2N5O5/c1-25(36)28-10-5-8-17-22(24(34)35)30-23(29-17)21-14(13-32(31-21)19-9-2-3-11-37-19)12-18(33)20-15(26)6-4-7-16(20)27/h4,6-7,13,19,28,36H,2-3,5,8-12H2,1H3,(H,29,30)(H,34,35). The molecule has 1 aromatic carbocycles. The van der Waals surface area contributed by atoms with Gasteiger partial charge in [-0.05, 0) is 57.6 Å². The van der Waals surface area contributed by atoms with Gasteiger partial charge in [0.05, 0.1) is 11.3 Å². The number of aromatic carboxylic acids is 1. The fourth-order valence-corrected chi connectivity index (χ4v) is 4.32. The Kier molecular flexibility index (Phi) is 8.46. The summed E-state index contributed by atoms with van der Waals surface area (Å²) in [7, 11) is -0.693. The van der Waals surface area contributed by atoms with Crippen molar-refractivity contribution in [1.82, 2.24) is 25.0 Å². The van der Waals surface area contributed by atoms with Gasteiger partial charge in [0.15, 0.2) is 17.3 Å². The zero-order chi connectivity index (χ0) is 26.5. The minimum atomic E-state index is -1.23. The number of rotatable bonds is 11. The van der Waals surface area contributed by atoms with Crippen molar-refractivity contribution in [2.45, 2.75) is 51.6 Å². The lowest BCUT2D eigenvalue weighted by Crippen LogP contribution is -2.31. The van der Waals surface area contributed by atoms with Crippen LogP contribution in [0.3, 0.4) is 0 Å². The van der Waals surface area contributed by atoms with Crippen molar-refractivity contribution in [3.05, 3.63) is 58.5 Å². The Bertz CT molecular complexity index is 1250. The number of Topliss-reactive ketones (excluding diaryl/α,β-unsaturated/α-hetero) is 1. The van der Waals surface area contributed by atoms with Crippen molar-refractivity contribution in [2.75, 3.05) is 13.2 Å². The number of carboxylic acids is 1. The molecule has 0 amide bonds. The van der Waals surface area contributed by atoms with Crippen molar-refractivity contribution in [2.24, 2.45) is 0 Å². The maximum Gasteiger partial charge on any atom is 0.373 e. The van der Waals surface area contributed by atoms with E-state index in [1.165, 1.54) is 6.07 Å². The lowest BCUT2D eigenvalue weighted by atomic mass is 9.89. The Balaban J connectivity index is 1.68. The van der Waals surface area contributed by atoms with Crippen molar-refractivity contribution in [1.29, 1.82) is 0 Å². The van der Waals surface area contributed by atoms with Crippen LogP contribution in [0.4, 0.5) is 8.78 Å². The first-order chi connectivity index (χ1) is 17.7. The minimum Gasteiger partial charge on any atom is -0.476 e. The molecule has 10 nitrogen and oxygen atoms in total. The number of hydrogen-bond acceptors (Lipinski definition) is 7. The zero-order valence-electron chi connectivity index (χ0n) is 20.3. The number of carbonyl (C=O) groups excluding carboxylic acids is 1. The van der Waals surface area contributed by atoms with E-state index in [0.29, 0.717) is 43.7 Å². The summed E-state index contributed by atoms with van der Waals surface area (Å²) in [6.45, 7) is 2.58.